The van der Waals surface area contributed by atoms with Gasteiger partial charge in [0.25, 0.3) is 11.8 Å². The lowest BCUT2D eigenvalue weighted by Crippen LogP contribution is -2.44. The molecule has 0 spiro atoms. The molecule has 158 valence electrons. The van der Waals surface area contributed by atoms with Crippen molar-refractivity contribution < 1.29 is 23.9 Å². The van der Waals surface area contributed by atoms with Gasteiger partial charge in [-0.2, -0.15) is 0 Å². The Labute approximate surface area is 171 Å². The van der Waals surface area contributed by atoms with Crippen molar-refractivity contribution in [1.29, 1.82) is 0 Å². The molecule has 1 fully saturated rings. The summed E-state index contributed by atoms with van der Waals surface area (Å²) in [4.78, 5) is 49.7. The molecule has 2 N–H and O–H groups in total. The first-order valence-electron chi connectivity index (χ1n) is 9.69. The van der Waals surface area contributed by atoms with E-state index in [1.807, 2.05) is 39.8 Å². The van der Waals surface area contributed by atoms with Crippen molar-refractivity contribution in [3.8, 4) is 0 Å². The maximum Gasteiger partial charge on any atom is 0.326 e. The smallest absolute Gasteiger partial charge is 0.326 e. The number of anilines is 1. The highest BCUT2D eigenvalue weighted by Gasteiger charge is 2.48. The van der Waals surface area contributed by atoms with E-state index in [-0.39, 0.29) is 0 Å². The largest absolute Gasteiger partial charge is 0.454 e. The summed E-state index contributed by atoms with van der Waals surface area (Å²) in [7, 11) is 0. The van der Waals surface area contributed by atoms with Crippen LogP contribution in [0.15, 0.2) is 18.2 Å². The van der Waals surface area contributed by atoms with E-state index in [9.17, 15) is 19.2 Å². The molecule has 4 amide bonds. The zero-order chi connectivity index (χ0) is 21.8. The minimum Gasteiger partial charge on any atom is -0.454 e. The lowest BCUT2D eigenvalue weighted by molar-refractivity contribution is -0.150. The predicted octanol–water partition coefficient (Wildman–Crippen LogP) is 2.53. The lowest BCUT2D eigenvalue weighted by atomic mass is 9.92. The van der Waals surface area contributed by atoms with Gasteiger partial charge in [0, 0.05) is 5.69 Å². The van der Waals surface area contributed by atoms with E-state index in [2.05, 4.69) is 10.6 Å². The van der Waals surface area contributed by atoms with Gasteiger partial charge in [-0.3, -0.25) is 19.3 Å². The minimum absolute atomic E-state index is 0.381. The number of imide groups is 1. The second-order valence-electron chi connectivity index (χ2n) is 8.04. The Balaban J connectivity index is 1.87. The number of nitrogens with one attached hydrogen (secondary N) is 2. The fraction of sp³-hybridized carbons (Fsp3) is 0.524. The second-order valence-corrected chi connectivity index (χ2v) is 8.04. The Morgan fingerprint density at radius 3 is 2.59 bits per heavy atom. The molecule has 8 nitrogen and oxygen atoms in total. The Morgan fingerprint density at radius 1 is 1.24 bits per heavy atom. The van der Waals surface area contributed by atoms with E-state index in [1.54, 1.807) is 13.0 Å². The molecule has 1 saturated heterocycles. The first kappa shape index (κ1) is 22.4. The van der Waals surface area contributed by atoms with Crippen molar-refractivity contribution in [2.75, 3.05) is 18.5 Å². The van der Waals surface area contributed by atoms with Crippen LogP contribution < -0.4 is 10.6 Å². The topological polar surface area (TPSA) is 105 Å². The van der Waals surface area contributed by atoms with Gasteiger partial charge in [0.15, 0.2) is 6.61 Å². The van der Waals surface area contributed by atoms with E-state index in [4.69, 9.17) is 4.74 Å². The molecule has 0 saturated carbocycles. The van der Waals surface area contributed by atoms with Gasteiger partial charge < -0.3 is 15.4 Å². The quantitative estimate of drug-likeness (QED) is 0.513. The third-order valence-electron chi connectivity index (χ3n) is 5.10. The summed E-state index contributed by atoms with van der Waals surface area (Å²) >= 11 is 0. The fourth-order valence-corrected chi connectivity index (χ4v) is 3.03. The first-order valence-corrected chi connectivity index (χ1v) is 9.69. The number of hydrogen-bond donors (Lipinski definition) is 2. The highest BCUT2D eigenvalue weighted by Crippen LogP contribution is 2.24. The zero-order valence-electron chi connectivity index (χ0n) is 17.6. The Bertz CT molecular complexity index is 821. The van der Waals surface area contributed by atoms with Crippen molar-refractivity contribution >= 4 is 29.5 Å². The third-order valence-corrected chi connectivity index (χ3v) is 5.10. The van der Waals surface area contributed by atoms with Crippen LogP contribution in [0.25, 0.3) is 0 Å². The van der Waals surface area contributed by atoms with Crippen molar-refractivity contribution in [2.45, 2.75) is 53.0 Å². The maximum atomic E-state index is 12.6. The number of carbonyl (C=O) groups is 4. The summed E-state index contributed by atoms with van der Waals surface area (Å²) in [6, 6.07) is 4.88. The molecule has 0 aliphatic carbocycles. The standard InChI is InChI=1S/C21H29N3O5/c1-13(2)9-10-21(5)19(27)24(20(28)23-21)11-18(26)29-12-17(25)22-16-8-6-7-14(3)15(16)4/h6-8,13H,9-12H2,1-5H3,(H,22,25)(H,23,28)/t21-/m0/s1. The SMILES string of the molecule is Cc1cccc(NC(=O)COC(=O)CN2C(=O)N[C@@](C)(CCC(C)C)C2=O)c1C. The van der Waals surface area contributed by atoms with Crippen LogP contribution in [0.3, 0.4) is 0 Å². The highest BCUT2D eigenvalue weighted by atomic mass is 16.5. The summed E-state index contributed by atoms with van der Waals surface area (Å²) in [5.74, 6) is -1.39. The van der Waals surface area contributed by atoms with Crippen LogP contribution in [0.4, 0.5) is 10.5 Å². The molecule has 1 aliphatic heterocycles. The van der Waals surface area contributed by atoms with Crippen LogP contribution in [0.2, 0.25) is 0 Å². The van der Waals surface area contributed by atoms with Gasteiger partial charge in [-0.05, 0) is 56.7 Å². The van der Waals surface area contributed by atoms with Crippen molar-refractivity contribution in [1.82, 2.24) is 10.2 Å². The monoisotopic (exact) mass is 403 g/mol. The Kier molecular flexibility index (Phi) is 7.00. The van der Waals surface area contributed by atoms with Crippen LogP contribution in [0, 0.1) is 19.8 Å². The van der Waals surface area contributed by atoms with Gasteiger partial charge in [-0.25, -0.2) is 4.79 Å². The number of aryl methyl sites for hydroxylation is 1. The molecule has 1 heterocycles. The Morgan fingerprint density at radius 2 is 1.93 bits per heavy atom. The predicted molar refractivity (Wildman–Crippen MR) is 108 cm³/mol. The molecule has 29 heavy (non-hydrogen) atoms. The second kappa shape index (κ2) is 9.07. The fourth-order valence-electron chi connectivity index (χ4n) is 3.03. The van der Waals surface area contributed by atoms with Gasteiger partial charge in [-0.1, -0.05) is 26.0 Å². The molecular weight excluding hydrogens is 374 g/mol. The Hall–Kier alpha value is -2.90. The molecule has 2 rings (SSSR count). The first-order chi connectivity index (χ1) is 13.5. The number of nitrogens with zero attached hydrogens (tertiary/aromatic N) is 1. The van der Waals surface area contributed by atoms with Gasteiger partial charge in [-0.15, -0.1) is 0 Å². The number of hydrogen-bond acceptors (Lipinski definition) is 5. The van der Waals surface area contributed by atoms with Gasteiger partial charge in [0.1, 0.15) is 12.1 Å². The molecular formula is C21H29N3O5. The molecule has 0 bridgehead atoms. The van der Waals surface area contributed by atoms with Gasteiger partial charge >= 0.3 is 12.0 Å². The van der Waals surface area contributed by atoms with Gasteiger partial charge in [0.05, 0.1) is 0 Å². The summed E-state index contributed by atoms with van der Waals surface area (Å²) in [5.41, 5.74) is 1.56. The van der Waals surface area contributed by atoms with E-state index >= 15 is 0 Å². The van der Waals surface area contributed by atoms with Crippen molar-refractivity contribution in [2.24, 2.45) is 5.92 Å². The van der Waals surface area contributed by atoms with Crippen LogP contribution in [-0.2, 0) is 19.1 Å². The average Bonchev–Trinajstić information content (AvgIpc) is 2.86. The van der Waals surface area contributed by atoms with Crippen LogP contribution >= 0.6 is 0 Å². The molecule has 1 atom stereocenters. The van der Waals surface area contributed by atoms with E-state index in [0.717, 1.165) is 22.4 Å². The van der Waals surface area contributed by atoms with Crippen LogP contribution in [0.5, 0.6) is 0 Å². The number of rotatable bonds is 8. The van der Waals surface area contributed by atoms with E-state index in [1.165, 1.54) is 0 Å². The van der Waals surface area contributed by atoms with Crippen molar-refractivity contribution in [3.05, 3.63) is 29.3 Å². The molecule has 1 aliphatic rings. The van der Waals surface area contributed by atoms with Gasteiger partial charge in [0.2, 0.25) is 0 Å². The summed E-state index contributed by atoms with van der Waals surface area (Å²) < 4.78 is 4.95. The van der Waals surface area contributed by atoms with E-state index < -0.39 is 42.5 Å². The molecule has 0 radical (unpaired) electrons. The summed E-state index contributed by atoms with van der Waals surface area (Å²) in [6.07, 6.45) is 1.25. The zero-order valence-corrected chi connectivity index (χ0v) is 17.6. The molecule has 1 aromatic rings. The summed E-state index contributed by atoms with van der Waals surface area (Å²) in [6.45, 7) is 8.49. The molecule has 8 heteroatoms. The maximum absolute atomic E-state index is 12.6. The molecule has 0 unspecified atom stereocenters. The number of benzene rings is 1. The van der Waals surface area contributed by atoms with Crippen LogP contribution in [0.1, 0.15) is 44.7 Å². The highest BCUT2D eigenvalue weighted by molar-refractivity contribution is 6.08. The van der Waals surface area contributed by atoms with E-state index in [0.29, 0.717) is 18.0 Å². The number of esters is 1. The lowest BCUT2D eigenvalue weighted by Gasteiger charge is -2.22. The van der Waals surface area contributed by atoms with Crippen LogP contribution in [-0.4, -0.2) is 47.4 Å². The normalized spacial score (nSPS) is 18.8. The number of amides is 4. The average molecular weight is 403 g/mol. The number of urea groups is 1. The molecule has 0 aromatic heterocycles. The minimum atomic E-state index is -1.03. The third kappa shape index (κ3) is 5.56. The molecule has 1 aromatic carbocycles. The number of ether oxygens (including phenoxy) is 1. The van der Waals surface area contributed by atoms with Crippen molar-refractivity contribution in [3.63, 3.8) is 0 Å². The number of carbonyl (C=O) groups excluding carboxylic acids is 4. The summed E-state index contributed by atoms with van der Waals surface area (Å²) in [5, 5.41) is 5.33.